The lowest BCUT2D eigenvalue weighted by atomic mass is 10.1. The van der Waals surface area contributed by atoms with Crippen molar-refractivity contribution < 1.29 is 26.0 Å². The van der Waals surface area contributed by atoms with Gasteiger partial charge in [0.2, 0.25) is 16.0 Å². The first-order valence-corrected chi connectivity index (χ1v) is 13.5. The Bertz CT molecular complexity index is 1490. The van der Waals surface area contributed by atoms with Crippen molar-refractivity contribution in [2.75, 3.05) is 28.9 Å². The minimum atomic E-state index is -4.63. The first kappa shape index (κ1) is 27.8. The molecule has 0 saturated carbocycles. The first-order chi connectivity index (χ1) is 17.7. The molecule has 3 aromatic heterocycles. The van der Waals surface area contributed by atoms with Gasteiger partial charge >= 0.3 is 6.18 Å². The van der Waals surface area contributed by atoms with Crippen LogP contribution in [0.25, 0.3) is 22.3 Å². The van der Waals surface area contributed by atoms with Gasteiger partial charge in [-0.2, -0.15) is 23.3 Å². The molecule has 4 heterocycles. The predicted molar refractivity (Wildman–Crippen MR) is 134 cm³/mol. The molecule has 3 N–H and O–H groups in total. The molecule has 0 aromatic carbocycles. The maximum atomic E-state index is 13.7. The van der Waals surface area contributed by atoms with Crippen LogP contribution in [0.5, 0.6) is 0 Å². The fraction of sp³-hybridized carbons (Fsp3) is 0.545. The lowest BCUT2D eigenvalue weighted by Crippen LogP contribution is -2.44. The topological polar surface area (TPSA) is 136 Å². The van der Waals surface area contributed by atoms with Gasteiger partial charge in [0.05, 0.1) is 23.4 Å². The molecule has 3 aromatic rings. The van der Waals surface area contributed by atoms with Crippen molar-refractivity contribution in [2.24, 2.45) is 7.05 Å². The zero-order chi connectivity index (χ0) is 27.8. The molecule has 2 atom stereocenters. The van der Waals surface area contributed by atoms with E-state index < -0.39 is 40.1 Å². The zero-order valence-electron chi connectivity index (χ0n) is 20.9. The molecule has 1 fully saturated rings. The second kappa shape index (κ2) is 10.5. The molecule has 16 heteroatoms. The predicted octanol–water partition coefficient (Wildman–Crippen LogP) is 2.58. The fourth-order valence-electron chi connectivity index (χ4n) is 4.26. The summed E-state index contributed by atoms with van der Waals surface area (Å²) in [6.07, 6.45) is -5.30. The summed E-state index contributed by atoms with van der Waals surface area (Å²) in [5.41, 5.74) is 0.323. The van der Waals surface area contributed by atoms with Crippen LogP contribution in [-0.2, 0) is 17.1 Å². The molecule has 0 amide bonds. The highest BCUT2D eigenvalue weighted by atomic mass is 32.2. The van der Waals surface area contributed by atoms with Gasteiger partial charge in [-0.05, 0) is 19.9 Å². The highest BCUT2D eigenvalue weighted by molar-refractivity contribution is 7.92. The van der Waals surface area contributed by atoms with Crippen molar-refractivity contribution in [1.82, 2.24) is 29.6 Å². The molecule has 0 spiro atoms. The maximum absolute atomic E-state index is 13.7. The number of piperidine rings is 1. The van der Waals surface area contributed by atoms with Crippen LogP contribution in [0.3, 0.4) is 0 Å². The van der Waals surface area contributed by atoms with E-state index in [0.29, 0.717) is 24.0 Å². The largest absolute Gasteiger partial charge is 0.390 e. The maximum Gasteiger partial charge on any atom is 0.390 e. The number of alkyl halides is 4. The second-order valence-corrected chi connectivity index (χ2v) is 11.3. The van der Waals surface area contributed by atoms with Crippen LogP contribution in [-0.4, -0.2) is 70.0 Å². The summed E-state index contributed by atoms with van der Waals surface area (Å²) < 4.78 is 80.1. The Hall–Kier alpha value is -3.27. The molecule has 0 bridgehead atoms. The lowest BCUT2D eigenvalue weighted by Gasteiger charge is -2.26. The molecular formula is C22H28F4N8O3S. The van der Waals surface area contributed by atoms with Crippen LogP contribution >= 0.6 is 0 Å². The van der Waals surface area contributed by atoms with E-state index in [1.165, 1.54) is 28.6 Å². The lowest BCUT2D eigenvalue weighted by molar-refractivity contribution is -0.129. The second-order valence-electron chi connectivity index (χ2n) is 9.46. The van der Waals surface area contributed by atoms with Gasteiger partial charge in [-0.3, -0.25) is 18.8 Å². The standard InChI is InChI=1S/C22H28F4N8O3S/c1-12(2)34-19-13(9-28-21(30-19)29-15-7-14(23)10-27-11-15)6-16(20(34)35)17-8-18(31-33(17)3)32-38(36,37)5-4-22(24,25)26/h6,8-9,12,14-15,27H,4-5,7,10-11H2,1-3H3,(H,31,32)(H,28,29,30)/t14-,15-/m0/s1. The molecule has 208 valence electrons. The van der Waals surface area contributed by atoms with Crippen molar-refractivity contribution in [3.8, 4) is 11.3 Å². The number of rotatable bonds is 8. The minimum Gasteiger partial charge on any atom is -0.350 e. The van der Waals surface area contributed by atoms with Gasteiger partial charge in [0.15, 0.2) is 5.82 Å². The van der Waals surface area contributed by atoms with E-state index in [-0.39, 0.29) is 41.7 Å². The highest BCUT2D eigenvalue weighted by Gasteiger charge is 2.30. The summed E-state index contributed by atoms with van der Waals surface area (Å²) in [5.74, 6) is -1.13. The van der Waals surface area contributed by atoms with Crippen LogP contribution in [0.15, 0.2) is 23.1 Å². The zero-order valence-corrected chi connectivity index (χ0v) is 21.7. The number of aromatic nitrogens is 5. The van der Waals surface area contributed by atoms with Crippen molar-refractivity contribution in [2.45, 2.75) is 51.1 Å². The number of nitrogens with one attached hydrogen (secondary N) is 3. The molecule has 1 aliphatic rings. The molecule has 4 rings (SSSR count). The summed E-state index contributed by atoms with van der Waals surface area (Å²) in [5, 5.41) is 10.6. The normalized spacial score (nSPS) is 18.7. The summed E-state index contributed by atoms with van der Waals surface area (Å²) in [6.45, 7) is 4.42. The number of sulfonamides is 1. The third-order valence-corrected chi connectivity index (χ3v) is 7.25. The van der Waals surface area contributed by atoms with E-state index >= 15 is 0 Å². The average molecular weight is 561 g/mol. The third kappa shape index (κ3) is 6.40. The Morgan fingerprint density at radius 2 is 1.97 bits per heavy atom. The van der Waals surface area contributed by atoms with E-state index in [1.807, 2.05) is 4.72 Å². The van der Waals surface area contributed by atoms with Crippen LogP contribution in [0.4, 0.5) is 29.3 Å². The van der Waals surface area contributed by atoms with E-state index in [0.717, 1.165) is 0 Å². The molecule has 0 aliphatic carbocycles. The molecule has 38 heavy (non-hydrogen) atoms. The van der Waals surface area contributed by atoms with Gasteiger partial charge in [0.25, 0.3) is 5.56 Å². The molecule has 0 unspecified atom stereocenters. The van der Waals surface area contributed by atoms with Gasteiger partial charge in [-0.15, -0.1) is 0 Å². The Kier molecular flexibility index (Phi) is 7.65. The number of pyridine rings is 1. The summed E-state index contributed by atoms with van der Waals surface area (Å²) in [7, 11) is -2.85. The Morgan fingerprint density at radius 3 is 2.63 bits per heavy atom. The molecular weight excluding hydrogens is 532 g/mol. The minimum absolute atomic E-state index is 0.169. The fourth-order valence-corrected chi connectivity index (χ4v) is 5.28. The number of nitrogens with zero attached hydrogens (tertiary/aromatic N) is 5. The van der Waals surface area contributed by atoms with Crippen molar-refractivity contribution in [3.05, 3.63) is 28.7 Å². The average Bonchev–Trinajstić information content (AvgIpc) is 3.15. The smallest absolute Gasteiger partial charge is 0.350 e. The Labute approximate surface area is 215 Å². The van der Waals surface area contributed by atoms with Crippen LogP contribution in [0.2, 0.25) is 0 Å². The highest BCUT2D eigenvalue weighted by Crippen LogP contribution is 2.26. The van der Waals surface area contributed by atoms with Crippen LogP contribution in [0.1, 0.15) is 32.7 Å². The number of fused-ring (bicyclic) bond motifs is 1. The van der Waals surface area contributed by atoms with Crippen molar-refractivity contribution >= 4 is 32.8 Å². The Morgan fingerprint density at radius 1 is 1.24 bits per heavy atom. The quantitative estimate of drug-likeness (QED) is 0.358. The monoisotopic (exact) mass is 560 g/mol. The number of aryl methyl sites for hydroxylation is 1. The van der Waals surface area contributed by atoms with Gasteiger partial charge in [-0.25, -0.2) is 17.8 Å². The van der Waals surface area contributed by atoms with Crippen LogP contribution < -0.4 is 20.9 Å². The number of hydrogen-bond donors (Lipinski definition) is 3. The first-order valence-electron chi connectivity index (χ1n) is 11.9. The molecule has 1 aliphatic heterocycles. The van der Waals surface area contributed by atoms with E-state index in [2.05, 4.69) is 25.7 Å². The van der Waals surface area contributed by atoms with E-state index in [1.54, 1.807) is 19.9 Å². The molecule has 0 radical (unpaired) electrons. The van der Waals surface area contributed by atoms with Crippen LogP contribution in [0, 0.1) is 0 Å². The third-order valence-electron chi connectivity index (χ3n) is 5.99. The molecule has 1 saturated heterocycles. The number of anilines is 2. The Balaban J connectivity index is 1.68. The molecule has 11 nitrogen and oxygen atoms in total. The summed E-state index contributed by atoms with van der Waals surface area (Å²) >= 11 is 0. The van der Waals surface area contributed by atoms with Gasteiger partial charge in [0.1, 0.15) is 11.8 Å². The van der Waals surface area contributed by atoms with E-state index in [4.69, 9.17) is 0 Å². The van der Waals surface area contributed by atoms with Gasteiger partial charge < -0.3 is 10.6 Å². The van der Waals surface area contributed by atoms with Gasteiger partial charge in [-0.1, -0.05) is 0 Å². The SMILES string of the molecule is CC(C)n1c(=O)c(-c2cc(NS(=O)(=O)CCC(F)(F)F)nn2C)cc2cnc(N[C@@H]3CNC[C@@H](F)C3)nc21. The van der Waals surface area contributed by atoms with Gasteiger partial charge in [0, 0.05) is 56.3 Å². The number of hydrogen-bond acceptors (Lipinski definition) is 8. The number of halogens is 4. The van der Waals surface area contributed by atoms with Crippen molar-refractivity contribution in [3.63, 3.8) is 0 Å². The summed E-state index contributed by atoms with van der Waals surface area (Å²) in [4.78, 5) is 22.4. The summed E-state index contributed by atoms with van der Waals surface area (Å²) in [6, 6.07) is 2.27. The van der Waals surface area contributed by atoms with E-state index in [9.17, 15) is 30.8 Å². The van der Waals surface area contributed by atoms with Crippen molar-refractivity contribution in [1.29, 1.82) is 0 Å².